The summed E-state index contributed by atoms with van der Waals surface area (Å²) in [4.78, 5) is 0. The number of benzene rings is 1. The number of aliphatic hydroxyl groups is 1. The van der Waals surface area contributed by atoms with Crippen molar-refractivity contribution in [2.75, 3.05) is 24.7 Å². The van der Waals surface area contributed by atoms with Gasteiger partial charge in [-0.1, -0.05) is 6.92 Å². The zero-order chi connectivity index (χ0) is 13.2. The SMILES string of the molecule is CC(CO)CSCCCOc1ccc(C#N)cc1. The third-order valence-corrected chi connectivity index (χ3v) is 3.78. The topological polar surface area (TPSA) is 53.2 Å². The standard InChI is InChI=1S/C14H19NO2S/c1-12(10-16)11-18-8-2-7-17-14-5-3-13(9-15)4-6-14/h3-6,12,16H,2,7-8,10-11H2,1H3. The summed E-state index contributed by atoms with van der Waals surface area (Å²) >= 11 is 1.84. The maximum absolute atomic E-state index is 8.87. The fourth-order valence-electron chi connectivity index (χ4n) is 1.31. The van der Waals surface area contributed by atoms with Crippen molar-refractivity contribution in [2.45, 2.75) is 13.3 Å². The molecule has 0 radical (unpaired) electrons. The highest BCUT2D eigenvalue weighted by Gasteiger charge is 1.99. The number of hydrogen-bond acceptors (Lipinski definition) is 4. The molecule has 0 heterocycles. The van der Waals surface area contributed by atoms with E-state index in [1.54, 1.807) is 12.1 Å². The minimum atomic E-state index is 0.259. The average molecular weight is 265 g/mol. The molecule has 0 amide bonds. The first-order valence-corrected chi connectivity index (χ1v) is 7.23. The molecule has 1 aromatic rings. The third kappa shape index (κ3) is 5.95. The number of nitriles is 1. The quantitative estimate of drug-likeness (QED) is 0.734. The van der Waals surface area contributed by atoms with Gasteiger partial charge in [0.15, 0.2) is 0 Å². The Morgan fingerprint density at radius 1 is 1.39 bits per heavy atom. The van der Waals surface area contributed by atoms with Crippen molar-refractivity contribution >= 4 is 11.8 Å². The Bertz CT molecular complexity index is 372. The van der Waals surface area contributed by atoms with E-state index >= 15 is 0 Å². The molecule has 0 aliphatic rings. The number of ether oxygens (including phenoxy) is 1. The van der Waals surface area contributed by atoms with Crippen molar-refractivity contribution in [2.24, 2.45) is 5.92 Å². The lowest BCUT2D eigenvalue weighted by Crippen LogP contribution is -2.05. The molecule has 1 aromatic carbocycles. The fourth-order valence-corrected chi connectivity index (χ4v) is 2.31. The lowest BCUT2D eigenvalue weighted by molar-refractivity contribution is 0.250. The van der Waals surface area contributed by atoms with Crippen LogP contribution in [0.3, 0.4) is 0 Å². The highest BCUT2D eigenvalue weighted by Crippen LogP contribution is 2.13. The van der Waals surface area contributed by atoms with Gasteiger partial charge in [-0.05, 0) is 48.1 Å². The van der Waals surface area contributed by atoms with E-state index in [4.69, 9.17) is 15.1 Å². The zero-order valence-electron chi connectivity index (χ0n) is 10.6. The van der Waals surface area contributed by atoms with E-state index in [-0.39, 0.29) is 6.61 Å². The van der Waals surface area contributed by atoms with Crippen LogP contribution in [0.4, 0.5) is 0 Å². The van der Waals surface area contributed by atoms with E-state index < -0.39 is 0 Å². The molecular formula is C14H19NO2S. The van der Waals surface area contributed by atoms with Crippen LogP contribution in [0, 0.1) is 17.2 Å². The zero-order valence-corrected chi connectivity index (χ0v) is 11.4. The summed E-state index contributed by atoms with van der Waals surface area (Å²) in [5.41, 5.74) is 0.649. The van der Waals surface area contributed by atoms with Crippen LogP contribution in [0.5, 0.6) is 5.75 Å². The molecule has 1 atom stereocenters. The lowest BCUT2D eigenvalue weighted by Gasteiger charge is -2.08. The monoisotopic (exact) mass is 265 g/mol. The number of nitrogens with zero attached hydrogens (tertiary/aromatic N) is 1. The van der Waals surface area contributed by atoms with E-state index in [0.717, 1.165) is 23.7 Å². The van der Waals surface area contributed by atoms with Crippen LogP contribution >= 0.6 is 11.8 Å². The first-order valence-electron chi connectivity index (χ1n) is 6.08. The van der Waals surface area contributed by atoms with Gasteiger partial charge in [0.25, 0.3) is 0 Å². The molecule has 0 saturated heterocycles. The summed E-state index contributed by atoms with van der Waals surface area (Å²) in [6.45, 7) is 2.99. The van der Waals surface area contributed by atoms with Gasteiger partial charge in [0.2, 0.25) is 0 Å². The predicted molar refractivity (Wildman–Crippen MR) is 74.8 cm³/mol. The first kappa shape index (κ1) is 14.9. The molecule has 4 heteroatoms. The molecule has 18 heavy (non-hydrogen) atoms. The number of rotatable bonds is 8. The average Bonchev–Trinajstić information content (AvgIpc) is 2.43. The van der Waals surface area contributed by atoms with Crippen LogP contribution in [-0.2, 0) is 0 Å². The molecule has 0 aliphatic carbocycles. The third-order valence-electron chi connectivity index (χ3n) is 2.40. The van der Waals surface area contributed by atoms with Gasteiger partial charge in [-0.25, -0.2) is 0 Å². The summed E-state index contributed by atoms with van der Waals surface area (Å²) in [5, 5.41) is 17.5. The van der Waals surface area contributed by atoms with E-state index in [2.05, 4.69) is 6.07 Å². The molecule has 3 nitrogen and oxygen atoms in total. The molecule has 98 valence electrons. The molecule has 1 unspecified atom stereocenters. The van der Waals surface area contributed by atoms with Gasteiger partial charge in [0, 0.05) is 6.61 Å². The molecule has 1 rings (SSSR count). The van der Waals surface area contributed by atoms with Gasteiger partial charge in [0.1, 0.15) is 5.75 Å². The van der Waals surface area contributed by atoms with Gasteiger partial charge in [-0.3, -0.25) is 0 Å². The van der Waals surface area contributed by atoms with Crippen molar-refractivity contribution in [3.8, 4) is 11.8 Å². The Balaban J connectivity index is 2.09. The summed E-state index contributed by atoms with van der Waals surface area (Å²) in [5.74, 6) is 3.21. The summed E-state index contributed by atoms with van der Waals surface area (Å²) in [6.07, 6.45) is 0.989. The molecule has 1 N–H and O–H groups in total. The van der Waals surface area contributed by atoms with Gasteiger partial charge < -0.3 is 9.84 Å². The van der Waals surface area contributed by atoms with Crippen molar-refractivity contribution in [1.82, 2.24) is 0 Å². The molecule has 0 bridgehead atoms. The number of thioether (sulfide) groups is 1. The summed E-state index contributed by atoms with van der Waals surface area (Å²) < 4.78 is 5.57. The van der Waals surface area contributed by atoms with Crippen molar-refractivity contribution in [1.29, 1.82) is 5.26 Å². The number of hydrogen-bond donors (Lipinski definition) is 1. The molecule has 0 aromatic heterocycles. The van der Waals surface area contributed by atoms with Gasteiger partial charge >= 0.3 is 0 Å². The Labute approximate surface area is 113 Å². The maximum atomic E-state index is 8.87. The van der Waals surface area contributed by atoms with E-state index in [1.807, 2.05) is 30.8 Å². The van der Waals surface area contributed by atoms with Crippen molar-refractivity contribution in [3.63, 3.8) is 0 Å². The van der Waals surface area contributed by atoms with Crippen LogP contribution in [0.15, 0.2) is 24.3 Å². The Morgan fingerprint density at radius 3 is 2.72 bits per heavy atom. The number of aliphatic hydroxyl groups excluding tert-OH is 1. The van der Waals surface area contributed by atoms with Crippen LogP contribution in [0.25, 0.3) is 0 Å². The van der Waals surface area contributed by atoms with Crippen LogP contribution in [-0.4, -0.2) is 29.8 Å². The van der Waals surface area contributed by atoms with Crippen molar-refractivity contribution in [3.05, 3.63) is 29.8 Å². The Hall–Kier alpha value is -1.18. The van der Waals surface area contributed by atoms with E-state index in [1.165, 1.54) is 0 Å². The fraction of sp³-hybridized carbons (Fsp3) is 0.500. The minimum Gasteiger partial charge on any atom is -0.494 e. The minimum absolute atomic E-state index is 0.259. The first-order chi connectivity index (χ1) is 8.76. The van der Waals surface area contributed by atoms with Gasteiger partial charge in [-0.15, -0.1) is 0 Å². The van der Waals surface area contributed by atoms with E-state index in [9.17, 15) is 0 Å². The largest absolute Gasteiger partial charge is 0.494 e. The molecule has 0 fully saturated rings. The van der Waals surface area contributed by atoms with Gasteiger partial charge in [-0.2, -0.15) is 17.0 Å². The van der Waals surface area contributed by atoms with Crippen LogP contribution < -0.4 is 4.74 Å². The Morgan fingerprint density at radius 2 is 2.11 bits per heavy atom. The van der Waals surface area contributed by atoms with Crippen LogP contribution in [0.1, 0.15) is 18.9 Å². The summed E-state index contributed by atoms with van der Waals surface area (Å²) in [7, 11) is 0. The second kappa shape index (κ2) is 8.84. The highest BCUT2D eigenvalue weighted by atomic mass is 32.2. The highest BCUT2D eigenvalue weighted by molar-refractivity contribution is 7.99. The maximum Gasteiger partial charge on any atom is 0.119 e. The normalized spacial score (nSPS) is 11.8. The second-order valence-electron chi connectivity index (χ2n) is 4.20. The second-order valence-corrected chi connectivity index (χ2v) is 5.35. The van der Waals surface area contributed by atoms with Gasteiger partial charge in [0.05, 0.1) is 18.2 Å². The van der Waals surface area contributed by atoms with Crippen molar-refractivity contribution < 1.29 is 9.84 Å². The predicted octanol–water partition coefficient (Wildman–Crippen LogP) is 2.69. The molecule has 0 aliphatic heterocycles. The van der Waals surface area contributed by atoms with Crippen LogP contribution in [0.2, 0.25) is 0 Å². The molecular weight excluding hydrogens is 246 g/mol. The molecule has 0 spiro atoms. The Kier molecular flexibility index (Phi) is 7.31. The summed E-state index contributed by atoms with van der Waals surface area (Å²) in [6, 6.07) is 9.23. The molecule has 0 saturated carbocycles. The smallest absolute Gasteiger partial charge is 0.119 e. The lowest BCUT2D eigenvalue weighted by atomic mass is 10.2. The van der Waals surface area contributed by atoms with E-state index in [0.29, 0.717) is 18.1 Å².